The summed E-state index contributed by atoms with van der Waals surface area (Å²) in [5.41, 5.74) is 0.320. The highest BCUT2D eigenvalue weighted by atomic mass is 35.5. The van der Waals surface area contributed by atoms with Crippen LogP contribution in [0.3, 0.4) is 0 Å². The topological polar surface area (TPSA) is 12.9 Å². The highest BCUT2D eigenvalue weighted by Crippen LogP contribution is 2.37. The van der Waals surface area contributed by atoms with E-state index in [4.69, 9.17) is 34.8 Å². The van der Waals surface area contributed by atoms with Gasteiger partial charge in [0.2, 0.25) is 0 Å². The van der Waals surface area contributed by atoms with Crippen LogP contribution in [0.5, 0.6) is 0 Å². The molecule has 0 saturated heterocycles. The molecule has 1 heterocycles. The number of pyridine rings is 1. The zero-order valence-corrected chi connectivity index (χ0v) is 8.96. The van der Waals surface area contributed by atoms with Crippen LogP contribution in [0.4, 0.5) is 4.39 Å². The number of fused-ring (bicyclic) bond motifs is 1. The largest absolute Gasteiger partial charge is 0.255 e. The number of rotatable bonds is 0. The standard InChI is InChI=1S/C9H3Cl3FN/c10-5-4-2-1-3-14-9(4)7(12)8(13)6(5)11/h1-3H. The predicted octanol–water partition coefficient (Wildman–Crippen LogP) is 4.33. The third kappa shape index (κ3) is 1.34. The fourth-order valence-corrected chi connectivity index (χ4v) is 1.90. The van der Waals surface area contributed by atoms with Gasteiger partial charge >= 0.3 is 0 Å². The van der Waals surface area contributed by atoms with Crippen molar-refractivity contribution < 1.29 is 4.39 Å². The van der Waals surface area contributed by atoms with Crippen molar-refractivity contribution in [3.63, 3.8) is 0 Å². The fraction of sp³-hybridized carbons (Fsp3) is 0. The average molecular weight is 250 g/mol. The van der Waals surface area contributed by atoms with Crippen LogP contribution in [0, 0.1) is 5.82 Å². The molecule has 0 atom stereocenters. The van der Waals surface area contributed by atoms with E-state index >= 15 is 0 Å². The molecule has 5 heteroatoms. The Morgan fingerprint density at radius 3 is 2.50 bits per heavy atom. The maximum atomic E-state index is 13.3. The summed E-state index contributed by atoms with van der Waals surface area (Å²) in [6, 6.07) is 3.36. The van der Waals surface area contributed by atoms with Crippen molar-refractivity contribution in [3.05, 3.63) is 39.2 Å². The first-order chi connectivity index (χ1) is 6.63. The number of hydrogen-bond acceptors (Lipinski definition) is 1. The van der Waals surface area contributed by atoms with Crippen molar-refractivity contribution in [1.29, 1.82) is 0 Å². The Morgan fingerprint density at radius 1 is 1.07 bits per heavy atom. The average Bonchev–Trinajstić information content (AvgIpc) is 2.23. The molecule has 72 valence electrons. The SMILES string of the molecule is Fc1c(Cl)c(Cl)c2cccnc2c1Cl. The van der Waals surface area contributed by atoms with Gasteiger partial charge in [-0.25, -0.2) is 4.39 Å². The predicted molar refractivity (Wildman–Crippen MR) is 56.7 cm³/mol. The number of hydrogen-bond donors (Lipinski definition) is 0. The normalized spacial score (nSPS) is 10.9. The Kier molecular flexibility index (Phi) is 2.52. The Bertz CT molecular complexity index is 466. The lowest BCUT2D eigenvalue weighted by Crippen LogP contribution is -1.87. The molecule has 0 unspecified atom stereocenters. The van der Waals surface area contributed by atoms with Gasteiger partial charge in [0.1, 0.15) is 5.02 Å². The zero-order chi connectivity index (χ0) is 10.3. The Labute approximate surface area is 94.4 Å². The fourth-order valence-electron chi connectivity index (χ4n) is 1.17. The molecule has 0 bridgehead atoms. The number of nitrogens with zero attached hydrogens (tertiary/aromatic N) is 1. The van der Waals surface area contributed by atoms with Crippen LogP contribution in [-0.2, 0) is 0 Å². The number of aromatic nitrogens is 1. The smallest absolute Gasteiger partial charge is 0.164 e. The van der Waals surface area contributed by atoms with Gasteiger partial charge in [-0.05, 0) is 12.1 Å². The molecule has 0 radical (unpaired) electrons. The molecule has 0 aliphatic rings. The summed E-state index contributed by atoms with van der Waals surface area (Å²) >= 11 is 17.2. The Balaban J connectivity index is 3.02. The molecule has 0 spiro atoms. The summed E-state index contributed by atoms with van der Waals surface area (Å²) < 4.78 is 13.3. The second kappa shape index (κ2) is 3.54. The van der Waals surface area contributed by atoms with Crippen LogP contribution in [0.2, 0.25) is 15.1 Å². The minimum atomic E-state index is -0.732. The van der Waals surface area contributed by atoms with E-state index in [9.17, 15) is 4.39 Å². The second-order valence-electron chi connectivity index (χ2n) is 2.66. The molecule has 2 rings (SSSR count). The van der Waals surface area contributed by atoms with E-state index in [0.717, 1.165) is 0 Å². The van der Waals surface area contributed by atoms with Gasteiger partial charge in [-0.1, -0.05) is 34.8 Å². The van der Waals surface area contributed by atoms with Gasteiger partial charge in [0.05, 0.1) is 15.6 Å². The molecule has 14 heavy (non-hydrogen) atoms. The van der Waals surface area contributed by atoms with E-state index in [0.29, 0.717) is 10.9 Å². The van der Waals surface area contributed by atoms with Crippen molar-refractivity contribution in [2.24, 2.45) is 0 Å². The van der Waals surface area contributed by atoms with E-state index in [1.54, 1.807) is 12.1 Å². The Hall–Kier alpha value is -0.570. The van der Waals surface area contributed by atoms with E-state index in [1.165, 1.54) is 6.20 Å². The molecule has 0 aliphatic carbocycles. The first-order valence-corrected chi connectivity index (χ1v) is 4.83. The molecule has 1 nitrogen and oxygen atoms in total. The van der Waals surface area contributed by atoms with Crippen molar-refractivity contribution in [2.75, 3.05) is 0 Å². The summed E-state index contributed by atoms with van der Waals surface area (Å²) in [6.07, 6.45) is 1.51. The highest BCUT2D eigenvalue weighted by Gasteiger charge is 2.16. The number of halogens is 4. The summed E-state index contributed by atoms with van der Waals surface area (Å²) in [5.74, 6) is -0.732. The maximum absolute atomic E-state index is 13.3. The molecular formula is C9H3Cl3FN. The van der Waals surface area contributed by atoms with Crippen LogP contribution in [-0.4, -0.2) is 4.98 Å². The van der Waals surface area contributed by atoms with Crippen molar-refractivity contribution in [2.45, 2.75) is 0 Å². The molecule has 0 N–H and O–H groups in total. The molecule has 0 aliphatic heterocycles. The molecule has 2 aromatic rings. The van der Waals surface area contributed by atoms with Gasteiger partial charge in [0.25, 0.3) is 0 Å². The van der Waals surface area contributed by atoms with Gasteiger partial charge in [-0.3, -0.25) is 4.98 Å². The lowest BCUT2D eigenvalue weighted by Gasteiger charge is -2.05. The van der Waals surface area contributed by atoms with Crippen molar-refractivity contribution in [1.82, 2.24) is 4.98 Å². The van der Waals surface area contributed by atoms with Gasteiger partial charge < -0.3 is 0 Å². The highest BCUT2D eigenvalue weighted by molar-refractivity contribution is 6.47. The van der Waals surface area contributed by atoms with E-state index in [1.807, 2.05) is 0 Å². The quantitative estimate of drug-likeness (QED) is 0.501. The van der Waals surface area contributed by atoms with Crippen LogP contribution in [0.1, 0.15) is 0 Å². The first-order valence-electron chi connectivity index (χ1n) is 3.69. The molecule has 0 fully saturated rings. The molecule has 1 aromatic carbocycles. The summed E-state index contributed by atoms with van der Waals surface area (Å²) in [7, 11) is 0. The lowest BCUT2D eigenvalue weighted by molar-refractivity contribution is 0.630. The van der Waals surface area contributed by atoms with Gasteiger partial charge in [-0.2, -0.15) is 0 Å². The summed E-state index contributed by atoms with van der Waals surface area (Å²) in [6.45, 7) is 0. The van der Waals surface area contributed by atoms with Crippen LogP contribution in [0.15, 0.2) is 18.3 Å². The van der Waals surface area contributed by atoms with Gasteiger partial charge in [0.15, 0.2) is 5.82 Å². The van der Waals surface area contributed by atoms with Gasteiger partial charge in [-0.15, -0.1) is 0 Å². The molecular weight excluding hydrogens is 247 g/mol. The van der Waals surface area contributed by atoms with Crippen LogP contribution < -0.4 is 0 Å². The maximum Gasteiger partial charge on any atom is 0.164 e. The van der Waals surface area contributed by atoms with E-state index in [2.05, 4.69) is 4.98 Å². The van der Waals surface area contributed by atoms with Crippen molar-refractivity contribution >= 4 is 45.7 Å². The lowest BCUT2D eigenvalue weighted by atomic mass is 10.2. The third-order valence-corrected chi connectivity index (χ3v) is 3.02. The van der Waals surface area contributed by atoms with Gasteiger partial charge in [0, 0.05) is 11.6 Å². The van der Waals surface area contributed by atoms with E-state index < -0.39 is 5.82 Å². The summed E-state index contributed by atoms with van der Waals surface area (Å²) in [5, 5.41) is 0.411. The molecule has 0 saturated carbocycles. The monoisotopic (exact) mass is 249 g/mol. The third-order valence-electron chi connectivity index (χ3n) is 1.83. The van der Waals surface area contributed by atoms with Crippen LogP contribution >= 0.6 is 34.8 Å². The minimum Gasteiger partial charge on any atom is -0.255 e. The second-order valence-corrected chi connectivity index (χ2v) is 3.79. The summed E-state index contributed by atoms with van der Waals surface area (Å²) in [4.78, 5) is 3.93. The first kappa shape index (κ1) is 9.97. The minimum absolute atomic E-state index is 0.102. The van der Waals surface area contributed by atoms with Crippen molar-refractivity contribution in [3.8, 4) is 0 Å². The Morgan fingerprint density at radius 2 is 1.79 bits per heavy atom. The van der Waals surface area contributed by atoms with Crippen LogP contribution in [0.25, 0.3) is 10.9 Å². The zero-order valence-electron chi connectivity index (χ0n) is 6.69. The molecule has 1 aromatic heterocycles. The van der Waals surface area contributed by atoms with E-state index in [-0.39, 0.29) is 15.1 Å². The molecule has 0 amide bonds. The number of benzene rings is 1.